The summed E-state index contributed by atoms with van der Waals surface area (Å²) >= 11 is 0. The molecule has 0 aliphatic rings. The Hall–Kier alpha value is -0.860. The van der Waals surface area contributed by atoms with Gasteiger partial charge in [0.1, 0.15) is 0 Å². The Balaban J connectivity index is 2.97. The molecule has 0 spiro atoms. The van der Waals surface area contributed by atoms with Crippen molar-refractivity contribution in [3.63, 3.8) is 0 Å². The molecule has 0 atom stereocenters. The fourth-order valence-electron chi connectivity index (χ4n) is 2.84. The van der Waals surface area contributed by atoms with Crippen LogP contribution < -0.4 is 10.6 Å². The van der Waals surface area contributed by atoms with Gasteiger partial charge in [-0.2, -0.15) is 0 Å². The van der Waals surface area contributed by atoms with Gasteiger partial charge in [0.15, 0.2) is 0 Å². The molecule has 17 heavy (non-hydrogen) atoms. The highest BCUT2D eigenvalue weighted by atomic mass is 15.0. The van der Waals surface area contributed by atoms with Crippen LogP contribution in [0.4, 0.5) is 0 Å². The Kier molecular flexibility index (Phi) is 4.72. The number of rotatable bonds is 5. The quantitative estimate of drug-likeness (QED) is 0.604. The van der Waals surface area contributed by atoms with Gasteiger partial charge in [-0.25, -0.2) is 0 Å². The lowest BCUT2D eigenvalue weighted by Crippen LogP contribution is -2.38. The number of hydrogen-bond donors (Lipinski definition) is 2. The van der Waals surface area contributed by atoms with Crippen molar-refractivity contribution in [3.05, 3.63) is 34.4 Å². The Morgan fingerprint density at radius 3 is 2.06 bits per heavy atom. The number of aryl methyl sites for hydroxylation is 3. The topological polar surface area (TPSA) is 24.1 Å². The molecule has 2 nitrogen and oxygen atoms in total. The Labute approximate surface area is 106 Å². The molecule has 0 aliphatic carbocycles. The molecule has 0 unspecified atom stereocenters. The largest absolute Gasteiger partial charge is 0.308 e. The fraction of sp³-hybridized carbons (Fsp3) is 0.600. The predicted octanol–water partition coefficient (Wildman–Crippen LogP) is 2.66. The first-order chi connectivity index (χ1) is 7.88. The number of hydrogen-bond acceptors (Lipinski definition) is 2. The van der Waals surface area contributed by atoms with Gasteiger partial charge in [0.05, 0.1) is 0 Å². The lowest BCUT2D eigenvalue weighted by molar-refractivity contribution is 0.457. The Bertz CT molecular complexity index is 358. The molecule has 0 amide bonds. The second-order valence-electron chi connectivity index (χ2n) is 5.61. The lowest BCUT2D eigenvalue weighted by Gasteiger charge is -2.30. The van der Waals surface area contributed by atoms with E-state index in [1.165, 1.54) is 22.3 Å². The normalized spacial score (nSPS) is 11.9. The van der Waals surface area contributed by atoms with Crippen LogP contribution in [0.3, 0.4) is 0 Å². The van der Waals surface area contributed by atoms with Gasteiger partial charge in [-0.3, -0.25) is 0 Å². The summed E-state index contributed by atoms with van der Waals surface area (Å²) < 4.78 is 0. The van der Waals surface area contributed by atoms with Gasteiger partial charge in [-0.05, 0) is 44.5 Å². The Morgan fingerprint density at radius 1 is 1.06 bits per heavy atom. The van der Waals surface area contributed by atoms with Crippen molar-refractivity contribution < 1.29 is 0 Å². The van der Waals surface area contributed by atoms with E-state index >= 15 is 0 Å². The first kappa shape index (κ1) is 14.2. The van der Waals surface area contributed by atoms with Crippen molar-refractivity contribution in [3.8, 4) is 0 Å². The molecular weight excluding hydrogens is 208 g/mol. The van der Waals surface area contributed by atoms with Crippen molar-refractivity contribution in [2.75, 3.05) is 20.3 Å². The van der Waals surface area contributed by atoms with Crippen LogP contribution >= 0.6 is 0 Å². The second kappa shape index (κ2) is 5.65. The van der Waals surface area contributed by atoms with Crippen LogP contribution in [0.2, 0.25) is 0 Å². The maximum atomic E-state index is 3.43. The SMILES string of the molecule is CNCNCC(C)(C)c1c(C)cc(C)cc1C. The summed E-state index contributed by atoms with van der Waals surface area (Å²) in [7, 11) is 1.96. The maximum Gasteiger partial charge on any atom is 0.0452 e. The van der Waals surface area contributed by atoms with Crippen LogP contribution in [0.25, 0.3) is 0 Å². The molecule has 2 heteroatoms. The van der Waals surface area contributed by atoms with E-state index in [2.05, 4.69) is 57.4 Å². The van der Waals surface area contributed by atoms with Crippen LogP contribution in [0.15, 0.2) is 12.1 Å². The molecule has 0 saturated heterocycles. The third-order valence-electron chi connectivity index (χ3n) is 3.22. The standard InChI is InChI=1S/C15H26N2/c1-11-7-12(2)14(13(3)8-11)15(4,5)9-17-10-16-6/h7-8,16-17H,9-10H2,1-6H3. The van der Waals surface area contributed by atoms with E-state index in [0.717, 1.165) is 13.2 Å². The smallest absolute Gasteiger partial charge is 0.0452 e. The minimum atomic E-state index is 0.165. The minimum absolute atomic E-state index is 0.165. The van der Waals surface area contributed by atoms with E-state index in [1.54, 1.807) is 0 Å². The Morgan fingerprint density at radius 2 is 1.59 bits per heavy atom. The zero-order valence-electron chi connectivity index (χ0n) is 12.1. The van der Waals surface area contributed by atoms with Crippen molar-refractivity contribution in [1.29, 1.82) is 0 Å². The van der Waals surface area contributed by atoms with E-state index in [9.17, 15) is 0 Å². The average Bonchev–Trinajstić information content (AvgIpc) is 2.15. The van der Waals surface area contributed by atoms with Gasteiger partial charge in [0.25, 0.3) is 0 Å². The highest BCUT2D eigenvalue weighted by molar-refractivity contribution is 5.42. The van der Waals surface area contributed by atoms with Crippen LogP contribution in [0.5, 0.6) is 0 Å². The maximum absolute atomic E-state index is 3.43. The fourth-order valence-corrected chi connectivity index (χ4v) is 2.84. The van der Waals surface area contributed by atoms with E-state index in [0.29, 0.717) is 0 Å². The van der Waals surface area contributed by atoms with Gasteiger partial charge in [-0.1, -0.05) is 31.5 Å². The highest BCUT2D eigenvalue weighted by Gasteiger charge is 2.23. The van der Waals surface area contributed by atoms with E-state index in [-0.39, 0.29) is 5.41 Å². The van der Waals surface area contributed by atoms with Gasteiger partial charge < -0.3 is 10.6 Å². The summed E-state index contributed by atoms with van der Waals surface area (Å²) in [5, 5.41) is 6.55. The van der Waals surface area contributed by atoms with E-state index in [4.69, 9.17) is 0 Å². The molecule has 0 aromatic heterocycles. The van der Waals surface area contributed by atoms with Gasteiger partial charge >= 0.3 is 0 Å². The number of nitrogens with one attached hydrogen (secondary N) is 2. The van der Waals surface area contributed by atoms with E-state index in [1.807, 2.05) is 7.05 Å². The molecular formula is C15H26N2. The van der Waals surface area contributed by atoms with Crippen molar-refractivity contribution in [1.82, 2.24) is 10.6 Å². The minimum Gasteiger partial charge on any atom is -0.308 e. The molecule has 0 bridgehead atoms. The summed E-state index contributed by atoms with van der Waals surface area (Å²) in [6, 6.07) is 4.56. The summed E-state index contributed by atoms with van der Waals surface area (Å²) in [4.78, 5) is 0. The molecule has 0 fully saturated rings. The van der Waals surface area contributed by atoms with Crippen molar-refractivity contribution >= 4 is 0 Å². The molecule has 96 valence electrons. The van der Waals surface area contributed by atoms with Crippen molar-refractivity contribution in [2.45, 2.75) is 40.0 Å². The van der Waals surface area contributed by atoms with E-state index < -0.39 is 0 Å². The molecule has 2 N–H and O–H groups in total. The second-order valence-corrected chi connectivity index (χ2v) is 5.61. The zero-order chi connectivity index (χ0) is 13.1. The first-order valence-corrected chi connectivity index (χ1v) is 6.32. The third kappa shape index (κ3) is 3.55. The lowest BCUT2D eigenvalue weighted by atomic mass is 9.79. The first-order valence-electron chi connectivity index (χ1n) is 6.32. The van der Waals surface area contributed by atoms with Crippen LogP contribution in [-0.4, -0.2) is 20.3 Å². The molecule has 0 saturated carbocycles. The van der Waals surface area contributed by atoms with Gasteiger partial charge in [0.2, 0.25) is 0 Å². The molecule has 1 aromatic carbocycles. The van der Waals surface area contributed by atoms with Crippen molar-refractivity contribution in [2.24, 2.45) is 0 Å². The van der Waals surface area contributed by atoms with Crippen LogP contribution in [0.1, 0.15) is 36.1 Å². The zero-order valence-corrected chi connectivity index (χ0v) is 12.1. The van der Waals surface area contributed by atoms with Crippen LogP contribution in [-0.2, 0) is 5.41 Å². The summed E-state index contributed by atoms with van der Waals surface area (Å²) in [5.41, 5.74) is 5.80. The number of benzene rings is 1. The molecule has 0 radical (unpaired) electrons. The molecule has 0 heterocycles. The molecule has 1 rings (SSSR count). The molecule has 0 aliphatic heterocycles. The summed E-state index contributed by atoms with van der Waals surface area (Å²) in [5.74, 6) is 0. The van der Waals surface area contributed by atoms with Crippen LogP contribution in [0, 0.1) is 20.8 Å². The van der Waals surface area contributed by atoms with Gasteiger partial charge in [0, 0.05) is 18.6 Å². The summed E-state index contributed by atoms with van der Waals surface area (Å²) in [6.45, 7) is 13.0. The predicted molar refractivity (Wildman–Crippen MR) is 75.6 cm³/mol. The average molecular weight is 234 g/mol. The summed E-state index contributed by atoms with van der Waals surface area (Å²) in [6.07, 6.45) is 0. The monoisotopic (exact) mass is 234 g/mol. The van der Waals surface area contributed by atoms with Gasteiger partial charge in [-0.15, -0.1) is 0 Å². The highest BCUT2D eigenvalue weighted by Crippen LogP contribution is 2.29. The third-order valence-corrected chi connectivity index (χ3v) is 3.22. The molecule has 1 aromatic rings.